The number of fused-ring (bicyclic) bond motifs is 5. The summed E-state index contributed by atoms with van der Waals surface area (Å²) in [6.45, 7) is 0. The Bertz CT molecular complexity index is 490. The van der Waals surface area contributed by atoms with E-state index in [0.717, 1.165) is 6.42 Å². The quantitative estimate of drug-likeness (QED) is 0.422. The molecule has 0 aromatic heterocycles. The molecule has 0 fully saturated rings. The predicted molar refractivity (Wildman–Crippen MR) is 82.0 cm³/mol. The standard InChI is InChI=1S/C12H8Br4/c13-10-8-5-9(12(15,16)11(10)14)7-4-2-1-3-6(7)8/h1-4,8-9H,5H2/t8-,9+/m1/s1. The van der Waals surface area contributed by atoms with Gasteiger partial charge in [-0.25, -0.2) is 0 Å². The van der Waals surface area contributed by atoms with Gasteiger partial charge in [0.05, 0.1) is 0 Å². The van der Waals surface area contributed by atoms with E-state index in [4.69, 9.17) is 0 Å². The molecule has 0 nitrogen and oxygen atoms in total. The summed E-state index contributed by atoms with van der Waals surface area (Å²) < 4.78 is 2.27. The molecule has 0 heterocycles. The molecule has 0 spiro atoms. The van der Waals surface area contributed by atoms with E-state index >= 15 is 0 Å². The van der Waals surface area contributed by atoms with Gasteiger partial charge in [-0.15, -0.1) is 0 Å². The summed E-state index contributed by atoms with van der Waals surface area (Å²) in [5.74, 6) is 1.00. The first-order chi connectivity index (χ1) is 7.53. The van der Waals surface area contributed by atoms with Crippen LogP contribution in [0.15, 0.2) is 33.2 Å². The maximum absolute atomic E-state index is 3.80. The second-order valence-corrected chi connectivity index (χ2v) is 9.47. The summed E-state index contributed by atoms with van der Waals surface area (Å²) in [4.78, 5) is 0. The van der Waals surface area contributed by atoms with Crippen molar-refractivity contribution in [2.24, 2.45) is 0 Å². The molecule has 0 aliphatic heterocycles. The van der Waals surface area contributed by atoms with Crippen LogP contribution in [0.5, 0.6) is 0 Å². The van der Waals surface area contributed by atoms with E-state index in [2.05, 4.69) is 88.0 Å². The van der Waals surface area contributed by atoms with Gasteiger partial charge >= 0.3 is 0 Å². The molecule has 2 bridgehead atoms. The fraction of sp³-hybridized carbons (Fsp3) is 0.333. The largest absolute Gasteiger partial charge is 0.119 e. The SMILES string of the molecule is BrC1=C(Br)C(Br)(Br)[C@H]2C[C@@H]1c1ccccc12. The highest BCUT2D eigenvalue weighted by atomic mass is 79.9. The zero-order chi connectivity index (χ0) is 11.5. The topological polar surface area (TPSA) is 0 Å². The molecule has 84 valence electrons. The van der Waals surface area contributed by atoms with Crippen molar-refractivity contribution in [1.82, 2.24) is 0 Å². The van der Waals surface area contributed by atoms with Crippen LogP contribution in [0.2, 0.25) is 0 Å². The third-order valence-electron chi connectivity index (χ3n) is 3.46. The van der Waals surface area contributed by atoms with Crippen molar-refractivity contribution in [3.63, 3.8) is 0 Å². The maximum Gasteiger partial charge on any atom is 0.119 e. The maximum atomic E-state index is 3.80. The van der Waals surface area contributed by atoms with Gasteiger partial charge in [-0.2, -0.15) is 0 Å². The van der Waals surface area contributed by atoms with Gasteiger partial charge in [-0.1, -0.05) is 88.0 Å². The van der Waals surface area contributed by atoms with Gasteiger partial charge in [0.15, 0.2) is 0 Å². The van der Waals surface area contributed by atoms with Crippen LogP contribution in [0, 0.1) is 0 Å². The lowest BCUT2D eigenvalue weighted by molar-refractivity contribution is 0.616. The van der Waals surface area contributed by atoms with E-state index in [0.29, 0.717) is 11.8 Å². The molecule has 0 amide bonds. The highest BCUT2D eigenvalue weighted by Crippen LogP contribution is 2.64. The molecule has 0 saturated carbocycles. The zero-order valence-corrected chi connectivity index (χ0v) is 14.5. The Kier molecular flexibility index (Phi) is 2.94. The molecule has 2 aliphatic carbocycles. The Hall–Kier alpha value is 0.880. The lowest BCUT2D eigenvalue weighted by Crippen LogP contribution is -2.25. The first kappa shape index (κ1) is 11.9. The summed E-state index contributed by atoms with van der Waals surface area (Å²) in [6, 6.07) is 8.72. The van der Waals surface area contributed by atoms with Gasteiger partial charge in [0.2, 0.25) is 0 Å². The van der Waals surface area contributed by atoms with Crippen LogP contribution in [-0.2, 0) is 0 Å². The second-order valence-electron chi connectivity index (χ2n) is 4.25. The van der Waals surface area contributed by atoms with Gasteiger partial charge in [0.1, 0.15) is 3.23 Å². The molecule has 2 aliphatic rings. The van der Waals surface area contributed by atoms with Crippen LogP contribution >= 0.6 is 63.7 Å². The molecule has 4 heteroatoms. The number of rotatable bonds is 0. The van der Waals surface area contributed by atoms with Crippen molar-refractivity contribution in [2.75, 3.05) is 0 Å². The van der Waals surface area contributed by atoms with Crippen molar-refractivity contribution >= 4 is 63.7 Å². The lowest BCUT2D eigenvalue weighted by Gasteiger charge is -2.33. The fourth-order valence-corrected chi connectivity index (χ4v) is 5.81. The third-order valence-corrected chi connectivity index (χ3v) is 8.96. The molecule has 0 saturated heterocycles. The molecule has 16 heavy (non-hydrogen) atoms. The minimum Gasteiger partial charge on any atom is -0.0661 e. The Morgan fingerprint density at radius 1 is 1.06 bits per heavy atom. The first-order valence-electron chi connectivity index (χ1n) is 5.05. The molecule has 3 rings (SSSR count). The van der Waals surface area contributed by atoms with Crippen LogP contribution in [0.25, 0.3) is 0 Å². The molecule has 2 atom stereocenters. The average Bonchev–Trinajstić information content (AvgIpc) is 2.63. The molecular weight excluding hydrogens is 464 g/mol. The molecule has 1 aromatic rings. The Labute approximate surface area is 128 Å². The highest BCUT2D eigenvalue weighted by Gasteiger charge is 2.50. The van der Waals surface area contributed by atoms with E-state index in [1.54, 1.807) is 0 Å². The third kappa shape index (κ3) is 1.49. The minimum atomic E-state index is -0.165. The summed E-state index contributed by atoms with van der Waals surface area (Å²) >= 11 is 15.0. The number of halogens is 4. The summed E-state index contributed by atoms with van der Waals surface area (Å²) in [7, 11) is 0. The predicted octanol–water partition coefficient (Wildman–Crippen LogP) is 5.76. The van der Waals surface area contributed by atoms with Gasteiger partial charge in [-0.3, -0.25) is 0 Å². The van der Waals surface area contributed by atoms with Crippen molar-refractivity contribution < 1.29 is 0 Å². The van der Waals surface area contributed by atoms with Crippen molar-refractivity contribution in [2.45, 2.75) is 21.5 Å². The number of hydrogen-bond acceptors (Lipinski definition) is 0. The van der Waals surface area contributed by atoms with Crippen LogP contribution in [0.3, 0.4) is 0 Å². The number of hydrogen-bond donors (Lipinski definition) is 0. The van der Waals surface area contributed by atoms with E-state index in [-0.39, 0.29) is 3.23 Å². The lowest BCUT2D eigenvalue weighted by atomic mass is 9.92. The summed E-state index contributed by atoms with van der Waals surface area (Å²) in [5, 5.41) is 0. The Balaban J connectivity index is 2.27. The van der Waals surface area contributed by atoms with Crippen molar-refractivity contribution in [1.29, 1.82) is 0 Å². The van der Waals surface area contributed by atoms with E-state index < -0.39 is 0 Å². The molecule has 0 radical (unpaired) electrons. The van der Waals surface area contributed by atoms with Crippen molar-refractivity contribution in [3.05, 3.63) is 44.4 Å². The second kappa shape index (κ2) is 3.94. The van der Waals surface area contributed by atoms with Crippen LogP contribution < -0.4 is 0 Å². The normalized spacial score (nSPS) is 30.5. The first-order valence-corrected chi connectivity index (χ1v) is 8.23. The molecule has 0 unspecified atom stereocenters. The van der Waals surface area contributed by atoms with Crippen LogP contribution in [-0.4, -0.2) is 3.23 Å². The fourth-order valence-electron chi connectivity index (χ4n) is 2.68. The van der Waals surface area contributed by atoms with Gasteiger partial charge < -0.3 is 0 Å². The van der Waals surface area contributed by atoms with E-state index in [1.807, 2.05) is 0 Å². The summed E-state index contributed by atoms with van der Waals surface area (Å²) in [6.07, 6.45) is 1.16. The number of alkyl halides is 2. The number of allylic oxidation sites excluding steroid dienone is 2. The monoisotopic (exact) mass is 468 g/mol. The zero-order valence-electron chi connectivity index (χ0n) is 8.18. The summed E-state index contributed by atoms with van der Waals surface area (Å²) in [5.41, 5.74) is 2.91. The minimum absolute atomic E-state index is 0.165. The van der Waals surface area contributed by atoms with Gasteiger partial charge in [-0.05, 0) is 17.5 Å². The molecular formula is C12H8Br4. The van der Waals surface area contributed by atoms with Crippen LogP contribution in [0.1, 0.15) is 29.4 Å². The van der Waals surface area contributed by atoms with Gasteiger partial charge in [0, 0.05) is 20.8 Å². The average molecular weight is 472 g/mol. The van der Waals surface area contributed by atoms with E-state index in [1.165, 1.54) is 20.1 Å². The smallest absolute Gasteiger partial charge is 0.0661 e. The molecule has 0 N–H and O–H groups in total. The molecule has 1 aromatic carbocycles. The van der Waals surface area contributed by atoms with E-state index in [9.17, 15) is 0 Å². The van der Waals surface area contributed by atoms with Crippen molar-refractivity contribution in [3.8, 4) is 0 Å². The Morgan fingerprint density at radius 3 is 2.38 bits per heavy atom. The number of benzene rings is 1. The van der Waals surface area contributed by atoms with Gasteiger partial charge in [0.25, 0.3) is 0 Å². The van der Waals surface area contributed by atoms with Crippen LogP contribution in [0.4, 0.5) is 0 Å². The highest BCUT2D eigenvalue weighted by molar-refractivity contribution is 9.26. The Morgan fingerprint density at radius 2 is 1.69 bits per heavy atom.